The van der Waals surface area contributed by atoms with Crippen molar-refractivity contribution in [3.8, 4) is 0 Å². The van der Waals surface area contributed by atoms with Crippen LogP contribution in [-0.2, 0) is 4.74 Å². The molecule has 2 unspecified atom stereocenters. The van der Waals surface area contributed by atoms with E-state index in [9.17, 15) is 5.11 Å². The highest BCUT2D eigenvalue weighted by Gasteiger charge is 2.04. The van der Waals surface area contributed by atoms with Gasteiger partial charge >= 0.3 is 0 Å². The lowest BCUT2D eigenvalue weighted by Gasteiger charge is -2.14. The van der Waals surface area contributed by atoms with E-state index in [1.54, 1.807) is 0 Å². The summed E-state index contributed by atoms with van der Waals surface area (Å²) in [5.74, 6) is 0. The van der Waals surface area contributed by atoms with E-state index in [1.165, 1.54) is 0 Å². The molecule has 3 nitrogen and oxygen atoms in total. The van der Waals surface area contributed by atoms with Crippen molar-refractivity contribution in [2.45, 2.75) is 38.0 Å². The number of aliphatic hydroxyl groups excluding tert-OH is 1. The fourth-order valence-corrected chi connectivity index (χ4v) is 1.35. The Kier molecular flexibility index (Phi) is 10.9. The molecule has 0 heterocycles. The summed E-state index contributed by atoms with van der Waals surface area (Å²) in [5.41, 5.74) is 0. The predicted octanol–water partition coefficient (Wildman–Crippen LogP) is 1.51. The molecule has 15 heavy (non-hydrogen) atoms. The van der Waals surface area contributed by atoms with Crippen molar-refractivity contribution in [2.75, 3.05) is 32.6 Å². The summed E-state index contributed by atoms with van der Waals surface area (Å²) in [6.45, 7) is 7.06. The van der Waals surface area contributed by atoms with Crippen LogP contribution >= 0.6 is 11.8 Å². The molecule has 0 spiro atoms. The van der Waals surface area contributed by atoms with E-state index in [-0.39, 0.29) is 6.10 Å². The van der Waals surface area contributed by atoms with E-state index in [4.69, 9.17) is 4.74 Å². The molecule has 0 aromatic heterocycles. The number of ether oxygens (including phenoxy) is 1. The number of unbranched alkanes of at least 4 members (excludes halogenated alkanes) is 1. The molecule has 0 bridgehead atoms. The summed E-state index contributed by atoms with van der Waals surface area (Å²) in [6, 6.07) is 0. The highest BCUT2D eigenvalue weighted by atomic mass is 32.2. The third-order valence-corrected chi connectivity index (χ3v) is 3.14. The largest absolute Gasteiger partial charge is 0.389 e. The Hall–Kier alpha value is 0.230. The molecule has 2 atom stereocenters. The van der Waals surface area contributed by atoms with Gasteiger partial charge in [-0.1, -0.05) is 20.3 Å². The van der Waals surface area contributed by atoms with Crippen LogP contribution in [0.15, 0.2) is 0 Å². The zero-order valence-corrected chi connectivity index (χ0v) is 11.0. The third kappa shape index (κ3) is 10.5. The van der Waals surface area contributed by atoms with E-state index < -0.39 is 0 Å². The molecule has 2 N–H and O–H groups in total. The molecule has 0 aliphatic rings. The average Bonchev–Trinajstić information content (AvgIpc) is 2.24. The van der Waals surface area contributed by atoms with Gasteiger partial charge in [0.2, 0.25) is 0 Å². The molecule has 0 radical (unpaired) electrons. The van der Waals surface area contributed by atoms with Crippen LogP contribution in [-0.4, -0.2) is 49.0 Å². The van der Waals surface area contributed by atoms with Crippen molar-refractivity contribution in [1.29, 1.82) is 0 Å². The minimum Gasteiger partial charge on any atom is -0.389 e. The minimum atomic E-state index is -0.379. The maximum Gasteiger partial charge on any atom is 0.0897 e. The number of hydrogen-bond acceptors (Lipinski definition) is 4. The fourth-order valence-electron chi connectivity index (χ4n) is 1.06. The summed E-state index contributed by atoms with van der Waals surface area (Å²) in [5, 5.41) is 13.4. The molecule has 0 saturated heterocycles. The Balaban J connectivity index is 3.21. The van der Waals surface area contributed by atoms with Crippen LogP contribution in [0.1, 0.15) is 26.7 Å². The Morgan fingerprint density at radius 2 is 2.13 bits per heavy atom. The zero-order valence-electron chi connectivity index (χ0n) is 10.2. The van der Waals surface area contributed by atoms with E-state index in [0.29, 0.717) is 18.4 Å². The molecular formula is C11H25NO2S. The van der Waals surface area contributed by atoms with Gasteiger partial charge < -0.3 is 15.2 Å². The first-order chi connectivity index (χ1) is 7.20. The first kappa shape index (κ1) is 15.2. The maximum atomic E-state index is 9.54. The maximum absolute atomic E-state index is 9.54. The second-order valence-electron chi connectivity index (χ2n) is 3.79. The van der Waals surface area contributed by atoms with Crippen molar-refractivity contribution in [3.05, 3.63) is 0 Å². The summed E-state index contributed by atoms with van der Waals surface area (Å²) in [6.07, 6.45) is 3.93. The van der Waals surface area contributed by atoms with Gasteiger partial charge in [-0.05, 0) is 12.7 Å². The smallest absolute Gasteiger partial charge is 0.0897 e. The second-order valence-corrected chi connectivity index (χ2v) is 5.06. The van der Waals surface area contributed by atoms with Gasteiger partial charge in [-0.15, -0.1) is 0 Å². The minimum absolute atomic E-state index is 0.379. The second kappa shape index (κ2) is 10.7. The van der Waals surface area contributed by atoms with Crippen LogP contribution in [0.5, 0.6) is 0 Å². The summed E-state index contributed by atoms with van der Waals surface area (Å²) < 4.78 is 5.32. The highest BCUT2D eigenvalue weighted by molar-refractivity contribution is 7.99. The van der Waals surface area contributed by atoms with Crippen molar-refractivity contribution >= 4 is 11.8 Å². The number of aliphatic hydroxyl groups is 1. The number of rotatable bonds is 10. The molecule has 0 aliphatic heterocycles. The lowest BCUT2D eigenvalue weighted by molar-refractivity contribution is 0.0361. The van der Waals surface area contributed by atoms with Crippen molar-refractivity contribution in [1.82, 2.24) is 5.32 Å². The van der Waals surface area contributed by atoms with E-state index in [0.717, 1.165) is 26.0 Å². The van der Waals surface area contributed by atoms with Crippen molar-refractivity contribution < 1.29 is 9.84 Å². The van der Waals surface area contributed by atoms with Crippen LogP contribution < -0.4 is 5.32 Å². The molecule has 4 heteroatoms. The van der Waals surface area contributed by atoms with Crippen molar-refractivity contribution in [2.24, 2.45) is 0 Å². The van der Waals surface area contributed by atoms with Crippen molar-refractivity contribution in [3.63, 3.8) is 0 Å². The quantitative estimate of drug-likeness (QED) is 0.563. The summed E-state index contributed by atoms with van der Waals surface area (Å²) in [7, 11) is 0. The standard InChI is InChI=1S/C11H25NO2S/c1-4-5-6-14-9-11(13)8-12-7-10(2)15-3/h10-13H,4-9H2,1-3H3. The topological polar surface area (TPSA) is 41.5 Å². The number of thioether (sulfide) groups is 1. The van der Waals surface area contributed by atoms with Gasteiger partial charge in [-0.25, -0.2) is 0 Å². The molecule has 0 aromatic rings. The van der Waals surface area contributed by atoms with Gasteiger partial charge in [0.05, 0.1) is 12.7 Å². The average molecular weight is 235 g/mol. The Bertz CT molecular complexity index is 136. The third-order valence-electron chi connectivity index (χ3n) is 2.17. The van der Waals surface area contributed by atoms with Gasteiger partial charge in [0, 0.05) is 24.9 Å². The molecule has 0 aliphatic carbocycles. The van der Waals surface area contributed by atoms with Crippen LogP contribution in [0.3, 0.4) is 0 Å². The Labute approximate surface area is 98.0 Å². The van der Waals surface area contributed by atoms with Gasteiger partial charge in [0.15, 0.2) is 0 Å². The van der Waals surface area contributed by atoms with Gasteiger partial charge in [0.25, 0.3) is 0 Å². The van der Waals surface area contributed by atoms with Crippen LogP contribution in [0.2, 0.25) is 0 Å². The van der Waals surface area contributed by atoms with Gasteiger partial charge in [0.1, 0.15) is 0 Å². The van der Waals surface area contributed by atoms with E-state index >= 15 is 0 Å². The van der Waals surface area contributed by atoms with E-state index in [1.807, 2.05) is 11.8 Å². The summed E-state index contributed by atoms with van der Waals surface area (Å²) >= 11 is 1.83. The molecule has 0 aromatic carbocycles. The van der Waals surface area contributed by atoms with Crippen LogP contribution in [0.25, 0.3) is 0 Å². The SMILES string of the molecule is CCCCOCC(O)CNCC(C)SC. The number of nitrogens with one attached hydrogen (secondary N) is 1. The first-order valence-electron chi connectivity index (χ1n) is 5.70. The van der Waals surface area contributed by atoms with E-state index in [2.05, 4.69) is 25.4 Å². The van der Waals surface area contributed by atoms with Crippen LogP contribution in [0.4, 0.5) is 0 Å². The van der Waals surface area contributed by atoms with Crippen LogP contribution in [0, 0.1) is 0 Å². The zero-order chi connectivity index (χ0) is 11.5. The lowest BCUT2D eigenvalue weighted by atomic mass is 10.3. The molecule has 0 saturated carbocycles. The monoisotopic (exact) mass is 235 g/mol. The van der Waals surface area contributed by atoms with Gasteiger partial charge in [-0.3, -0.25) is 0 Å². The van der Waals surface area contributed by atoms with Gasteiger partial charge in [-0.2, -0.15) is 11.8 Å². The highest BCUT2D eigenvalue weighted by Crippen LogP contribution is 2.02. The molecule has 0 rings (SSSR count). The molecule has 0 fully saturated rings. The lowest BCUT2D eigenvalue weighted by Crippen LogP contribution is -2.33. The predicted molar refractivity (Wildman–Crippen MR) is 67.6 cm³/mol. The molecule has 92 valence electrons. The Morgan fingerprint density at radius 1 is 1.40 bits per heavy atom. The summed E-state index contributed by atoms with van der Waals surface area (Å²) in [4.78, 5) is 0. The molecule has 0 amide bonds. The normalized spacial score (nSPS) is 15.2. The Morgan fingerprint density at radius 3 is 2.73 bits per heavy atom. The first-order valence-corrected chi connectivity index (χ1v) is 6.98. The number of hydrogen-bond donors (Lipinski definition) is 2. The molecular weight excluding hydrogens is 210 g/mol. The fraction of sp³-hybridized carbons (Fsp3) is 1.00.